The Morgan fingerprint density at radius 1 is 1.00 bits per heavy atom. The highest BCUT2D eigenvalue weighted by atomic mass is 16.3. The molecule has 0 radical (unpaired) electrons. The van der Waals surface area contributed by atoms with Crippen LogP contribution in [0.1, 0.15) is 50.5 Å². The maximum absolute atomic E-state index is 9.51. The van der Waals surface area contributed by atoms with E-state index < -0.39 is 0 Å². The molecule has 1 unspecified atom stereocenters. The van der Waals surface area contributed by atoms with Gasteiger partial charge in [-0.25, -0.2) is 0 Å². The number of aliphatic hydroxyl groups excluding tert-OH is 1. The first-order valence-electron chi connectivity index (χ1n) is 10.5. The summed E-state index contributed by atoms with van der Waals surface area (Å²) in [7, 11) is 0. The third-order valence-electron chi connectivity index (χ3n) is 6.15. The summed E-state index contributed by atoms with van der Waals surface area (Å²) in [6.07, 6.45) is 10.5. The van der Waals surface area contributed by atoms with E-state index >= 15 is 0 Å². The van der Waals surface area contributed by atoms with Crippen LogP contribution in [-0.2, 0) is 6.42 Å². The lowest BCUT2D eigenvalue weighted by atomic mass is 9.88. The average molecular weight is 345 g/mol. The number of nitrogens with zero attached hydrogens (tertiary/aromatic N) is 2. The maximum atomic E-state index is 9.51. The molecule has 1 aromatic carbocycles. The van der Waals surface area contributed by atoms with Gasteiger partial charge in [0.2, 0.25) is 0 Å². The van der Waals surface area contributed by atoms with E-state index in [-0.39, 0.29) is 0 Å². The molecule has 0 aromatic heterocycles. The lowest BCUT2D eigenvalue weighted by molar-refractivity contribution is 0.0430. The Kier molecular flexibility index (Phi) is 7.78. The minimum Gasteiger partial charge on any atom is -0.396 e. The summed E-state index contributed by atoms with van der Waals surface area (Å²) in [6.45, 7) is 6.30. The summed E-state index contributed by atoms with van der Waals surface area (Å²) in [6, 6.07) is 11.4. The number of piperazine rings is 1. The van der Waals surface area contributed by atoms with Crippen molar-refractivity contribution in [2.75, 3.05) is 39.3 Å². The minimum absolute atomic E-state index is 0.323. The number of aliphatic hydroxyl groups is 1. The van der Waals surface area contributed by atoms with Gasteiger partial charge >= 0.3 is 0 Å². The largest absolute Gasteiger partial charge is 0.396 e. The van der Waals surface area contributed by atoms with Gasteiger partial charge in [-0.2, -0.15) is 0 Å². The van der Waals surface area contributed by atoms with E-state index in [9.17, 15) is 5.11 Å². The molecule has 1 atom stereocenters. The first kappa shape index (κ1) is 18.9. The number of hydrogen-bond donors (Lipinski definition) is 1. The first-order chi connectivity index (χ1) is 12.3. The van der Waals surface area contributed by atoms with Crippen molar-refractivity contribution < 1.29 is 5.11 Å². The predicted octanol–water partition coefficient (Wildman–Crippen LogP) is 3.57. The fraction of sp³-hybridized carbons (Fsp3) is 0.727. The number of hydrogen-bond acceptors (Lipinski definition) is 3. The van der Waals surface area contributed by atoms with Gasteiger partial charge in [0.25, 0.3) is 0 Å². The molecule has 0 amide bonds. The van der Waals surface area contributed by atoms with Gasteiger partial charge in [0.1, 0.15) is 0 Å². The van der Waals surface area contributed by atoms with Crippen molar-refractivity contribution in [2.45, 2.75) is 57.4 Å². The summed E-state index contributed by atoms with van der Waals surface area (Å²) in [5.74, 6) is 0.902. The van der Waals surface area contributed by atoms with E-state index in [4.69, 9.17) is 0 Å². The molecule has 1 heterocycles. The molecule has 3 heteroatoms. The van der Waals surface area contributed by atoms with Crippen molar-refractivity contribution in [3.05, 3.63) is 35.9 Å². The first-order valence-corrected chi connectivity index (χ1v) is 10.5. The van der Waals surface area contributed by atoms with E-state index in [1.165, 1.54) is 76.7 Å². The van der Waals surface area contributed by atoms with E-state index in [1.807, 2.05) is 0 Å². The third-order valence-corrected chi connectivity index (χ3v) is 6.15. The van der Waals surface area contributed by atoms with Gasteiger partial charge in [-0.1, -0.05) is 49.6 Å². The Morgan fingerprint density at radius 3 is 2.56 bits per heavy atom. The van der Waals surface area contributed by atoms with Crippen molar-refractivity contribution in [2.24, 2.45) is 5.92 Å². The Morgan fingerprint density at radius 2 is 1.80 bits per heavy atom. The van der Waals surface area contributed by atoms with Crippen molar-refractivity contribution in [3.8, 4) is 0 Å². The maximum Gasteiger partial charge on any atom is 0.0446 e. The summed E-state index contributed by atoms with van der Waals surface area (Å²) in [5.41, 5.74) is 1.45. The SMILES string of the molecule is OCCC1CN(CCCc2ccccc2)CCN1CC1CCCCC1. The van der Waals surface area contributed by atoms with Crippen LogP contribution < -0.4 is 0 Å². The zero-order chi connectivity index (χ0) is 17.3. The highest BCUT2D eigenvalue weighted by molar-refractivity contribution is 5.14. The van der Waals surface area contributed by atoms with Crippen LogP contribution in [0.25, 0.3) is 0 Å². The van der Waals surface area contributed by atoms with Crippen molar-refractivity contribution in [1.82, 2.24) is 9.80 Å². The topological polar surface area (TPSA) is 26.7 Å². The molecule has 1 saturated heterocycles. The predicted molar refractivity (Wildman–Crippen MR) is 105 cm³/mol. The van der Waals surface area contributed by atoms with Gasteiger partial charge in [0, 0.05) is 38.8 Å². The van der Waals surface area contributed by atoms with Crippen LogP contribution in [0, 0.1) is 5.92 Å². The molecule has 2 aliphatic rings. The third kappa shape index (κ3) is 6.09. The molecule has 0 bridgehead atoms. The fourth-order valence-electron chi connectivity index (χ4n) is 4.68. The molecular formula is C22H36N2O. The Hall–Kier alpha value is -0.900. The molecule has 140 valence electrons. The minimum atomic E-state index is 0.323. The monoisotopic (exact) mass is 344 g/mol. The van der Waals surface area contributed by atoms with Crippen LogP contribution in [0.4, 0.5) is 0 Å². The van der Waals surface area contributed by atoms with Gasteiger partial charge in [-0.15, -0.1) is 0 Å². The van der Waals surface area contributed by atoms with Gasteiger partial charge in [-0.3, -0.25) is 4.90 Å². The Labute approximate surface area is 154 Å². The molecule has 2 fully saturated rings. The molecule has 1 saturated carbocycles. The summed E-state index contributed by atoms with van der Waals surface area (Å²) < 4.78 is 0. The quantitative estimate of drug-likeness (QED) is 0.781. The van der Waals surface area contributed by atoms with Crippen molar-refractivity contribution in [3.63, 3.8) is 0 Å². The van der Waals surface area contributed by atoms with E-state index in [2.05, 4.69) is 40.1 Å². The number of rotatable bonds is 8. The molecule has 0 spiro atoms. The van der Waals surface area contributed by atoms with Crippen LogP contribution in [0.15, 0.2) is 30.3 Å². The fourth-order valence-corrected chi connectivity index (χ4v) is 4.68. The average Bonchev–Trinajstić information content (AvgIpc) is 2.66. The lowest BCUT2D eigenvalue weighted by Gasteiger charge is -2.43. The number of aryl methyl sites for hydroxylation is 1. The van der Waals surface area contributed by atoms with Crippen LogP contribution in [-0.4, -0.2) is 60.3 Å². The molecule has 1 N–H and O–H groups in total. The Balaban J connectivity index is 1.43. The Bertz CT molecular complexity index is 472. The summed E-state index contributed by atoms with van der Waals surface area (Å²) in [4.78, 5) is 5.32. The van der Waals surface area contributed by atoms with Crippen molar-refractivity contribution >= 4 is 0 Å². The zero-order valence-corrected chi connectivity index (χ0v) is 15.8. The van der Waals surface area contributed by atoms with Crippen LogP contribution in [0.2, 0.25) is 0 Å². The summed E-state index contributed by atoms with van der Waals surface area (Å²) >= 11 is 0. The second-order valence-corrected chi connectivity index (χ2v) is 8.05. The van der Waals surface area contributed by atoms with Crippen LogP contribution in [0.3, 0.4) is 0 Å². The molecule has 3 nitrogen and oxygen atoms in total. The highest BCUT2D eigenvalue weighted by Crippen LogP contribution is 2.26. The van der Waals surface area contributed by atoms with Gasteiger partial charge < -0.3 is 10.0 Å². The zero-order valence-electron chi connectivity index (χ0n) is 15.8. The highest BCUT2D eigenvalue weighted by Gasteiger charge is 2.28. The van der Waals surface area contributed by atoms with Crippen molar-refractivity contribution in [1.29, 1.82) is 0 Å². The molecular weight excluding hydrogens is 308 g/mol. The molecule has 3 rings (SSSR count). The van der Waals surface area contributed by atoms with E-state index in [0.29, 0.717) is 12.6 Å². The molecule has 1 aliphatic carbocycles. The molecule has 1 aromatic rings. The van der Waals surface area contributed by atoms with Gasteiger partial charge in [0.15, 0.2) is 0 Å². The second-order valence-electron chi connectivity index (χ2n) is 8.05. The summed E-state index contributed by atoms with van der Waals surface area (Å²) in [5, 5.41) is 9.51. The lowest BCUT2D eigenvalue weighted by Crippen LogP contribution is -2.54. The van der Waals surface area contributed by atoms with Crippen LogP contribution in [0.5, 0.6) is 0 Å². The van der Waals surface area contributed by atoms with E-state index in [0.717, 1.165) is 18.9 Å². The molecule has 25 heavy (non-hydrogen) atoms. The standard InChI is InChI=1S/C22H36N2O/c25-17-13-22-19-23(14-7-12-20-8-3-1-4-9-20)15-16-24(22)18-21-10-5-2-6-11-21/h1,3-4,8-9,21-22,25H,2,5-7,10-19H2. The van der Waals surface area contributed by atoms with Gasteiger partial charge in [0.05, 0.1) is 0 Å². The second kappa shape index (κ2) is 10.3. The molecule has 1 aliphatic heterocycles. The van der Waals surface area contributed by atoms with Crippen LogP contribution >= 0.6 is 0 Å². The normalized spacial score (nSPS) is 23.8. The number of benzene rings is 1. The smallest absolute Gasteiger partial charge is 0.0446 e. The van der Waals surface area contributed by atoms with Gasteiger partial charge in [-0.05, 0) is 50.1 Å². The van der Waals surface area contributed by atoms with E-state index in [1.54, 1.807) is 0 Å².